The van der Waals surface area contributed by atoms with E-state index in [0.29, 0.717) is 25.5 Å². The molecule has 19 heavy (non-hydrogen) atoms. The smallest absolute Gasteiger partial charge is 0.222 e. The predicted molar refractivity (Wildman–Crippen MR) is 73.9 cm³/mol. The van der Waals surface area contributed by atoms with Gasteiger partial charge in [-0.3, -0.25) is 0 Å². The minimum absolute atomic E-state index is 0.536. The lowest BCUT2D eigenvalue weighted by Crippen LogP contribution is -2.08. The van der Waals surface area contributed by atoms with Crippen LogP contribution in [0.1, 0.15) is 18.3 Å². The average Bonchev–Trinajstić information content (AvgIpc) is 2.42. The van der Waals surface area contributed by atoms with Gasteiger partial charge in [0.25, 0.3) is 0 Å². The summed E-state index contributed by atoms with van der Waals surface area (Å²) < 4.78 is 5.55. The van der Waals surface area contributed by atoms with Crippen LogP contribution in [0.3, 0.4) is 0 Å². The van der Waals surface area contributed by atoms with Gasteiger partial charge in [-0.1, -0.05) is 0 Å². The van der Waals surface area contributed by atoms with Gasteiger partial charge in [0, 0.05) is 18.8 Å². The van der Waals surface area contributed by atoms with E-state index in [1.54, 1.807) is 6.20 Å². The zero-order valence-electron chi connectivity index (χ0n) is 11.3. The molecular formula is C14H18N4O. The highest BCUT2D eigenvalue weighted by atomic mass is 16.5. The maximum Gasteiger partial charge on any atom is 0.222 e. The van der Waals surface area contributed by atoms with E-state index in [4.69, 9.17) is 10.5 Å². The maximum atomic E-state index is 5.55. The number of rotatable bonds is 5. The lowest BCUT2D eigenvalue weighted by atomic mass is 10.1. The molecule has 0 atom stereocenters. The number of ether oxygens (including phenoxy) is 1. The fourth-order valence-electron chi connectivity index (χ4n) is 1.82. The van der Waals surface area contributed by atoms with Crippen LogP contribution in [-0.4, -0.2) is 28.1 Å². The molecule has 0 aliphatic rings. The molecule has 2 rings (SSSR count). The number of aryl methyl sites for hydroxylation is 1. The highest BCUT2D eigenvalue weighted by molar-refractivity contribution is 5.67. The Balaban J connectivity index is 2.48. The second-order valence-corrected chi connectivity index (χ2v) is 4.15. The molecule has 0 saturated carbocycles. The van der Waals surface area contributed by atoms with Gasteiger partial charge in [-0.2, -0.15) is 0 Å². The molecule has 2 N–H and O–H groups in total. The summed E-state index contributed by atoms with van der Waals surface area (Å²) >= 11 is 0. The topological polar surface area (TPSA) is 73.9 Å². The normalized spacial score (nSPS) is 10.5. The molecule has 0 amide bonds. The summed E-state index contributed by atoms with van der Waals surface area (Å²) in [6, 6.07) is 3.83. The van der Waals surface area contributed by atoms with Crippen LogP contribution in [0.15, 0.2) is 24.5 Å². The number of nitrogens with two attached hydrogens (primary N) is 1. The first-order chi connectivity index (χ1) is 9.26. The van der Waals surface area contributed by atoms with E-state index in [1.807, 2.05) is 32.2 Å². The van der Waals surface area contributed by atoms with E-state index < -0.39 is 0 Å². The fraction of sp³-hybridized carbons (Fsp3) is 0.357. The molecular weight excluding hydrogens is 240 g/mol. The van der Waals surface area contributed by atoms with Gasteiger partial charge in [0.2, 0.25) is 5.88 Å². The Labute approximate surface area is 112 Å². The Morgan fingerprint density at radius 1 is 1.32 bits per heavy atom. The van der Waals surface area contributed by atoms with E-state index in [9.17, 15) is 0 Å². The second kappa shape index (κ2) is 6.24. The summed E-state index contributed by atoms with van der Waals surface area (Å²) in [6.45, 7) is 5.02. The third-order valence-electron chi connectivity index (χ3n) is 2.70. The lowest BCUT2D eigenvalue weighted by molar-refractivity contribution is 0.328. The van der Waals surface area contributed by atoms with Gasteiger partial charge in [-0.25, -0.2) is 15.0 Å². The van der Waals surface area contributed by atoms with Crippen molar-refractivity contribution >= 4 is 0 Å². The van der Waals surface area contributed by atoms with Gasteiger partial charge >= 0.3 is 0 Å². The Morgan fingerprint density at radius 2 is 2.16 bits per heavy atom. The van der Waals surface area contributed by atoms with Crippen molar-refractivity contribution in [2.75, 3.05) is 13.2 Å². The van der Waals surface area contributed by atoms with Gasteiger partial charge in [-0.05, 0) is 38.1 Å². The first kappa shape index (κ1) is 13.4. The quantitative estimate of drug-likeness (QED) is 0.884. The van der Waals surface area contributed by atoms with Gasteiger partial charge in [0.1, 0.15) is 5.82 Å². The van der Waals surface area contributed by atoms with E-state index in [1.165, 1.54) is 0 Å². The van der Waals surface area contributed by atoms with Crippen LogP contribution in [0, 0.1) is 6.92 Å². The fourth-order valence-corrected chi connectivity index (χ4v) is 1.82. The highest BCUT2D eigenvalue weighted by Gasteiger charge is 2.12. The predicted octanol–water partition coefficient (Wildman–Crippen LogP) is 1.75. The Kier molecular flexibility index (Phi) is 4.41. The van der Waals surface area contributed by atoms with Crippen LogP contribution in [0.2, 0.25) is 0 Å². The third kappa shape index (κ3) is 3.06. The minimum Gasteiger partial charge on any atom is -0.477 e. The molecule has 2 heterocycles. The first-order valence-corrected chi connectivity index (χ1v) is 6.37. The third-order valence-corrected chi connectivity index (χ3v) is 2.70. The zero-order chi connectivity index (χ0) is 13.7. The molecule has 0 aromatic carbocycles. The van der Waals surface area contributed by atoms with Crippen LogP contribution < -0.4 is 10.5 Å². The second-order valence-electron chi connectivity index (χ2n) is 4.15. The summed E-state index contributed by atoms with van der Waals surface area (Å²) in [5.74, 6) is 1.35. The zero-order valence-corrected chi connectivity index (χ0v) is 11.3. The standard InChI is InChI=1S/C14H18N4O/c1-3-19-14-11(5-4-8-16-14)13-10(2)9-17-12(18-13)6-7-15/h4-5,8-9H,3,6-7,15H2,1-2H3. The number of aromatic nitrogens is 3. The van der Waals surface area contributed by atoms with Crippen molar-refractivity contribution in [3.05, 3.63) is 35.9 Å². The Morgan fingerprint density at radius 3 is 2.89 bits per heavy atom. The first-order valence-electron chi connectivity index (χ1n) is 6.37. The molecule has 0 spiro atoms. The van der Waals surface area contributed by atoms with Gasteiger partial charge in [0.15, 0.2) is 0 Å². The molecule has 0 bridgehead atoms. The van der Waals surface area contributed by atoms with Crippen LogP contribution >= 0.6 is 0 Å². The molecule has 100 valence electrons. The minimum atomic E-state index is 0.536. The van der Waals surface area contributed by atoms with E-state index in [-0.39, 0.29) is 0 Å². The monoisotopic (exact) mass is 258 g/mol. The molecule has 0 aliphatic carbocycles. The Bertz CT molecular complexity index is 557. The Hall–Kier alpha value is -2.01. The SMILES string of the molecule is CCOc1ncccc1-c1nc(CCN)ncc1C. The van der Waals surface area contributed by atoms with Gasteiger partial charge in [0.05, 0.1) is 17.9 Å². The van der Waals surface area contributed by atoms with Crippen molar-refractivity contribution in [1.29, 1.82) is 0 Å². The van der Waals surface area contributed by atoms with E-state index >= 15 is 0 Å². The molecule has 5 nitrogen and oxygen atoms in total. The van der Waals surface area contributed by atoms with Crippen molar-refractivity contribution in [1.82, 2.24) is 15.0 Å². The molecule has 0 fully saturated rings. The van der Waals surface area contributed by atoms with Crippen molar-refractivity contribution in [2.45, 2.75) is 20.3 Å². The number of hydrogen-bond donors (Lipinski definition) is 1. The number of pyridine rings is 1. The molecule has 0 unspecified atom stereocenters. The molecule has 5 heteroatoms. The average molecular weight is 258 g/mol. The van der Waals surface area contributed by atoms with Crippen LogP contribution in [0.5, 0.6) is 5.88 Å². The maximum absolute atomic E-state index is 5.55. The summed E-state index contributed by atoms with van der Waals surface area (Å²) in [5, 5.41) is 0. The van der Waals surface area contributed by atoms with Crippen molar-refractivity contribution < 1.29 is 4.74 Å². The summed E-state index contributed by atoms with van der Waals surface area (Å²) in [5.41, 5.74) is 8.29. The van der Waals surface area contributed by atoms with Crippen LogP contribution in [0.25, 0.3) is 11.3 Å². The number of hydrogen-bond acceptors (Lipinski definition) is 5. The number of nitrogens with zero attached hydrogens (tertiary/aromatic N) is 3. The van der Waals surface area contributed by atoms with Crippen molar-refractivity contribution in [2.24, 2.45) is 5.73 Å². The summed E-state index contributed by atoms with van der Waals surface area (Å²) in [4.78, 5) is 13.1. The van der Waals surface area contributed by atoms with Crippen molar-refractivity contribution in [3.63, 3.8) is 0 Å². The lowest BCUT2D eigenvalue weighted by Gasteiger charge is -2.11. The summed E-state index contributed by atoms with van der Waals surface area (Å²) in [7, 11) is 0. The highest BCUT2D eigenvalue weighted by Crippen LogP contribution is 2.28. The molecule has 2 aromatic heterocycles. The van der Waals surface area contributed by atoms with E-state index in [2.05, 4.69) is 15.0 Å². The van der Waals surface area contributed by atoms with Crippen LogP contribution in [-0.2, 0) is 6.42 Å². The van der Waals surface area contributed by atoms with Gasteiger partial charge < -0.3 is 10.5 Å². The summed E-state index contributed by atoms with van der Waals surface area (Å²) in [6.07, 6.45) is 4.19. The van der Waals surface area contributed by atoms with Gasteiger partial charge in [-0.15, -0.1) is 0 Å². The molecule has 0 saturated heterocycles. The van der Waals surface area contributed by atoms with Crippen molar-refractivity contribution in [3.8, 4) is 17.1 Å². The molecule has 0 aliphatic heterocycles. The largest absolute Gasteiger partial charge is 0.477 e. The van der Waals surface area contributed by atoms with Crippen LogP contribution in [0.4, 0.5) is 0 Å². The van der Waals surface area contributed by atoms with E-state index in [0.717, 1.165) is 22.6 Å². The molecule has 0 radical (unpaired) electrons. The molecule has 2 aromatic rings.